The number of hydrogen-bond donors (Lipinski definition) is 2. The second kappa shape index (κ2) is 9.24. The van der Waals surface area contributed by atoms with Crippen molar-refractivity contribution < 1.29 is 4.79 Å². The summed E-state index contributed by atoms with van der Waals surface area (Å²) in [5.74, 6) is -0.0214. The number of nitrogens with zero attached hydrogens (tertiary/aromatic N) is 5. The van der Waals surface area contributed by atoms with Crippen molar-refractivity contribution in [2.24, 2.45) is 7.05 Å². The highest BCUT2D eigenvalue weighted by molar-refractivity contribution is 6.42. The van der Waals surface area contributed by atoms with E-state index >= 15 is 0 Å². The van der Waals surface area contributed by atoms with Gasteiger partial charge < -0.3 is 9.13 Å². The van der Waals surface area contributed by atoms with Crippen LogP contribution in [-0.2, 0) is 24.9 Å². The zero-order valence-corrected chi connectivity index (χ0v) is 19.4. The fourth-order valence-electron chi connectivity index (χ4n) is 3.43. The Morgan fingerprint density at radius 3 is 2.70 bits per heavy atom. The number of aryl methyl sites for hydroxylation is 2. The van der Waals surface area contributed by atoms with Gasteiger partial charge in [-0.1, -0.05) is 42.6 Å². The summed E-state index contributed by atoms with van der Waals surface area (Å²) < 4.78 is 4.47. The van der Waals surface area contributed by atoms with Gasteiger partial charge in [0.2, 0.25) is 11.9 Å². The first-order chi connectivity index (χ1) is 15.8. The summed E-state index contributed by atoms with van der Waals surface area (Å²) in [7, 11) is 1.49. The number of H-pyrrole nitrogens is 1. The normalized spacial score (nSPS) is 11.3. The summed E-state index contributed by atoms with van der Waals surface area (Å²) in [5.41, 5.74) is 0.559. The highest BCUT2D eigenvalue weighted by atomic mass is 35.5. The van der Waals surface area contributed by atoms with Crippen molar-refractivity contribution in [2.75, 3.05) is 5.32 Å². The van der Waals surface area contributed by atoms with E-state index in [1.165, 1.54) is 22.5 Å². The molecule has 0 saturated carbocycles. The Hall–Kier alpha value is -3.37. The number of amides is 1. The number of halogens is 2. The van der Waals surface area contributed by atoms with Crippen molar-refractivity contribution in [3.63, 3.8) is 0 Å². The summed E-state index contributed by atoms with van der Waals surface area (Å²) in [6, 6.07) is 5.22. The van der Waals surface area contributed by atoms with Crippen molar-refractivity contribution >= 4 is 46.2 Å². The fraction of sp³-hybridized carbons (Fsp3) is 0.286. The van der Waals surface area contributed by atoms with Crippen LogP contribution < -0.4 is 16.6 Å². The highest BCUT2D eigenvalue weighted by Crippen LogP contribution is 2.29. The number of benzene rings is 1. The maximum atomic E-state index is 12.8. The molecule has 0 unspecified atom stereocenters. The average Bonchev–Trinajstić information content (AvgIpc) is 3.37. The summed E-state index contributed by atoms with van der Waals surface area (Å²) in [6.07, 6.45) is 5.06. The molecule has 1 amide bonds. The first kappa shape index (κ1) is 22.8. The summed E-state index contributed by atoms with van der Waals surface area (Å²) >= 11 is 12.2. The molecule has 0 spiro atoms. The van der Waals surface area contributed by atoms with Crippen LogP contribution in [0.1, 0.15) is 19.8 Å². The number of aromatic amines is 1. The van der Waals surface area contributed by atoms with Crippen molar-refractivity contribution in [1.82, 2.24) is 28.7 Å². The Morgan fingerprint density at radius 1 is 1.18 bits per heavy atom. The molecule has 1 aromatic carbocycles. The van der Waals surface area contributed by atoms with Gasteiger partial charge in [-0.25, -0.2) is 14.8 Å². The van der Waals surface area contributed by atoms with Crippen LogP contribution in [0.15, 0.2) is 40.3 Å². The number of anilines is 1. The maximum absolute atomic E-state index is 12.8. The lowest BCUT2D eigenvalue weighted by Gasteiger charge is -2.09. The van der Waals surface area contributed by atoms with E-state index in [1.807, 2.05) is 10.8 Å². The molecule has 2 N–H and O–H groups in total. The van der Waals surface area contributed by atoms with E-state index in [-0.39, 0.29) is 17.7 Å². The van der Waals surface area contributed by atoms with Crippen LogP contribution in [0.25, 0.3) is 22.4 Å². The van der Waals surface area contributed by atoms with Crippen molar-refractivity contribution in [2.45, 2.75) is 32.9 Å². The molecule has 0 bridgehead atoms. The Morgan fingerprint density at radius 2 is 1.97 bits per heavy atom. The molecule has 0 aliphatic rings. The third kappa shape index (κ3) is 4.57. The molecule has 4 rings (SSSR count). The predicted molar refractivity (Wildman–Crippen MR) is 127 cm³/mol. The SMILES string of the molecule is CCCCn1cc(-c2ccc(Cl)c(Cl)c2)nc1NC(=O)Cn1cnc2c1c(=O)[nH]c(=O)n2C. The predicted octanol–water partition coefficient (Wildman–Crippen LogP) is 3.03. The summed E-state index contributed by atoms with van der Waals surface area (Å²) in [6.45, 7) is 2.56. The van der Waals surface area contributed by atoms with E-state index < -0.39 is 17.2 Å². The zero-order valence-electron chi connectivity index (χ0n) is 17.9. The summed E-state index contributed by atoms with van der Waals surface area (Å²) in [5, 5.41) is 3.66. The summed E-state index contributed by atoms with van der Waals surface area (Å²) in [4.78, 5) is 47.7. The quantitative estimate of drug-likeness (QED) is 0.413. The number of hydrogen-bond acceptors (Lipinski definition) is 5. The van der Waals surface area contributed by atoms with Gasteiger partial charge in [-0.2, -0.15) is 0 Å². The van der Waals surface area contributed by atoms with Crippen molar-refractivity contribution in [3.05, 3.63) is 61.6 Å². The molecule has 0 fully saturated rings. The highest BCUT2D eigenvalue weighted by Gasteiger charge is 2.17. The number of fused-ring (bicyclic) bond motifs is 1. The minimum absolute atomic E-state index is 0.137. The second-order valence-electron chi connectivity index (χ2n) is 7.54. The Bertz CT molecular complexity index is 1470. The van der Waals surface area contributed by atoms with E-state index in [1.54, 1.807) is 18.2 Å². The molecule has 172 valence electrons. The number of carbonyl (C=O) groups excluding carboxylic acids is 1. The van der Waals surface area contributed by atoms with Crippen molar-refractivity contribution in [3.8, 4) is 11.3 Å². The lowest BCUT2D eigenvalue weighted by molar-refractivity contribution is -0.116. The Balaban J connectivity index is 1.62. The largest absolute Gasteiger partial charge is 0.329 e. The van der Waals surface area contributed by atoms with Gasteiger partial charge in [0, 0.05) is 25.4 Å². The monoisotopic (exact) mass is 489 g/mol. The molecule has 3 heterocycles. The number of carbonyl (C=O) groups is 1. The molecule has 0 radical (unpaired) electrons. The molecule has 0 aliphatic heterocycles. The smallest absolute Gasteiger partial charge is 0.317 e. The third-order valence-corrected chi connectivity index (χ3v) is 5.92. The minimum atomic E-state index is -0.607. The van der Waals surface area contributed by atoms with E-state index in [4.69, 9.17) is 23.2 Å². The Kier molecular flexibility index (Phi) is 6.39. The third-order valence-electron chi connectivity index (χ3n) is 5.19. The van der Waals surface area contributed by atoms with Gasteiger partial charge in [-0.15, -0.1) is 0 Å². The minimum Gasteiger partial charge on any atom is -0.317 e. The molecule has 3 aromatic heterocycles. The number of unbranched alkanes of at least 4 members (excludes halogenated alkanes) is 1. The van der Waals surface area contributed by atoms with E-state index in [2.05, 4.69) is 27.2 Å². The van der Waals surface area contributed by atoms with Gasteiger partial charge in [0.25, 0.3) is 5.56 Å². The molecule has 10 nitrogen and oxygen atoms in total. The molecule has 0 aliphatic carbocycles. The van der Waals surface area contributed by atoms with Crippen LogP contribution in [0, 0.1) is 0 Å². The number of aromatic nitrogens is 6. The van der Waals surface area contributed by atoms with E-state index in [0.717, 1.165) is 18.4 Å². The molecular weight excluding hydrogens is 469 g/mol. The standard InChI is InChI=1S/C21H21Cl2N7O3/c1-3-4-7-29-9-15(12-5-6-13(22)14(23)8-12)25-20(29)26-16(31)10-30-11-24-18-17(30)19(32)27-21(33)28(18)2/h5-6,8-9,11H,3-4,7,10H2,1-2H3,(H,25,26,31)(H,27,32,33). The number of nitrogens with one attached hydrogen (secondary N) is 2. The van der Waals surface area contributed by atoms with Gasteiger partial charge >= 0.3 is 5.69 Å². The average molecular weight is 490 g/mol. The molecule has 33 heavy (non-hydrogen) atoms. The molecule has 4 aromatic rings. The first-order valence-corrected chi connectivity index (χ1v) is 11.0. The van der Waals surface area contributed by atoms with E-state index in [0.29, 0.717) is 28.2 Å². The van der Waals surface area contributed by atoms with Crippen LogP contribution >= 0.6 is 23.2 Å². The first-order valence-electron chi connectivity index (χ1n) is 10.2. The topological polar surface area (TPSA) is 120 Å². The van der Waals surface area contributed by atoms with Crippen LogP contribution in [0.4, 0.5) is 5.95 Å². The van der Waals surface area contributed by atoms with Crippen LogP contribution in [0.3, 0.4) is 0 Å². The van der Waals surface area contributed by atoms with Gasteiger partial charge in [-0.05, 0) is 18.6 Å². The lowest BCUT2D eigenvalue weighted by atomic mass is 10.2. The van der Waals surface area contributed by atoms with Crippen LogP contribution in [0.2, 0.25) is 10.0 Å². The number of rotatable bonds is 7. The molecule has 0 atom stereocenters. The van der Waals surface area contributed by atoms with Crippen LogP contribution in [-0.4, -0.2) is 34.6 Å². The van der Waals surface area contributed by atoms with Gasteiger partial charge in [0.05, 0.1) is 22.1 Å². The second-order valence-corrected chi connectivity index (χ2v) is 8.35. The van der Waals surface area contributed by atoms with Crippen molar-refractivity contribution in [1.29, 1.82) is 0 Å². The molecular formula is C21H21Cl2N7O3. The molecule has 12 heteroatoms. The Labute approximate surface area is 197 Å². The zero-order chi connectivity index (χ0) is 23.7. The van der Waals surface area contributed by atoms with Crippen LogP contribution in [0.5, 0.6) is 0 Å². The van der Waals surface area contributed by atoms with Gasteiger partial charge in [0.15, 0.2) is 11.2 Å². The number of imidazole rings is 2. The van der Waals surface area contributed by atoms with Gasteiger partial charge in [-0.3, -0.25) is 24.5 Å². The lowest BCUT2D eigenvalue weighted by Crippen LogP contribution is -2.30. The molecule has 0 saturated heterocycles. The van der Waals surface area contributed by atoms with Gasteiger partial charge in [0.1, 0.15) is 6.54 Å². The fourth-order valence-corrected chi connectivity index (χ4v) is 3.73. The maximum Gasteiger partial charge on any atom is 0.329 e. The van der Waals surface area contributed by atoms with E-state index in [9.17, 15) is 14.4 Å².